The SMILES string of the molecule is CC(C)OCC(=O)N1CCN(C2CCC(C(=O)C(C)C)CC2)CC1. The number of nitrogens with zero attached hydrogens (tertiary/aromatic N) is 2. The first kappa shape index (κ1) is 19.4. The first-order chi connectivity index (χ1) is 11.4. The Morgan fingerprint density at radius 1 is 0.958 bits per heavy atom. The lowest BCUT2D eigenvalue weighted by molar-refractivity contribution is -0.140. The molecule has 1 heterocycles. The van der Waals surface area contributed by atoms with Crippen LogP contribution in [0.2, 0.25) is 0 Å². The molecule has 1 aliphatic heterocycles. The zero-order valence-electron chi connectivity index (χ0n) is 15.8. The van der Waals surface area contributed by atoms with Crippen LogP contribution >= 0.6 is 0 Å². The van der Waals surface area contributed by atoms with Gasteiger partial charge in [0.2, 0.25) is 5.91 Å². The molecule has 0 radical (unpaired) electrons. The molecule has 0 aromatic rings. The van der Waals surface area contributed by atoms with Crippen LogP contribution < -0.4 is 0 Å². The van der Waals surface area contributed by atoms with Crippen LogP contribution in [-0.2, 0) is 14.3 Å². The fourth-order valence-corrected chi connectivity index (χ4v) is 3.86. The molecule has 1 saturated carbocycles. The van der Waals surface area contributed by atoms with Gasteiger partial charge < -0.3 is 9.64 Å². The van der Waals surface area contributed by atoms with Gasteiger partial charge in [-0.25, -0.2) is 0 Å². The van der Waals surface area contributed by atoms with E-state index in [0.29, 0.717) is 11.8 Å². The van der Waals surface area contributed by atoms with Crippen LogP contribution in [0, 0.1) is 11.8 Å². The maximum absolute atomic E-state index is 12.1. The van der Waals surface area contributed by atoms with Crippen LogP contribution in [-0.4, -0.2) is 66.4 Å². The van der Waals surface area contributed by atoms with Gasteiger partial charge in [0.05, 0.1) is 6.10 Å². The van der Waals surface area contributed by atoms with Crippen molar-refractivity contribution in [3.63, 3.8) is 0 Å². The summed E-state index contributed by atoms with van der Waals surface area (Å²) in [6, 6.07) is 0.588. The molecule has 2 rings (SSSR count). The summed E-state index contributed by atoms with van der Waals surface area (Å²) >= 11 is 0. The predicted octanol–water partition coefficient (Wildman–Crippen LogP) is 2.34. The minimum absolute atomic E-state index is 0.0963. The smallest absolute Gasteiger partial charge is 0.248 e. The number of carbonyl (C=O) groups is 2. The van der Waals surface area contributed by atoms with Gasteiger partial charge in [0.1, 0.15) is 12.4 Å². The number of piperazine rings is 1. The van der Waals surface area contributed by atoms with E-state index in [4.69, 9.17) is 4.74 Å². The highest BCUT2D eigenvalue weighted by Gasteiger charge is 2.32. The van der Waals surface area contributed by atoms with Crippen LogP contribution in [0.15, 0.2) is 0 Å². The summed E-state index contributed by atoms with van der Waals surface area (Å²) in [6.45, 7) is 11.6. The van der Waals surface area contributed by atoms with Gasteiger partial charge in [-0.3, -0.25) is 14.5 Å². The summed E-state index contributed by atoms with van der Waals surface area (Å²) < 4.78 is 5.42. The molecule has 0 aromatic carbocycles. The largest absolute Gasteiger partial charge is 0.369 e. The van der Waals surface area contributed by atoms with Crippen molar-refractivity contribution in [3.05, 3.63) is 0 Å². The third-order valence-electron chi connectivity index (χ3n) is 5.39. The second kappa shape index (κ2) is 8.95. The first-order valence-electron chi connectivity index (χ1n) is 9.55. The predicted molar refractivity (Wildman–Crippen MR) is 94.8 cm³/mol. The first-order valence-corrected chi connectivity index (χ1v) is 9.55. The van der Waals surface area contributed by atoms with E-state index in [1.165, 1.54) is 0 Å². The fourth-order valence-electron chi connectivity index (χ4n) is 3.86. The zero-order valence-corrected chi connectivity index (χ0v) is 15.8. The van der Waals surface area contributed by atoms with Crippen molar-refractivity contribution in [2.45, 2.75) is 65.5 Å². The average molecular weight is 338 g/mol. The Morgan fingerprint density at radius 2 is 1.54 bits per heavy atom. The van der Waals surface area contributed by atoms with E-state index >= 15 is 0 Å². The lowest BCUT2D eigenvalue weighted by atomic mass is 9.80. The molecule has 5 heteroatoms. The van der Waals surface area contributed by atoms with Crippen molar-refractivity contribution in [2.24, 2.45) is 11.8 Å². The maximum Gasteiger partial charge on any atom is 0.248 e. The van der Waals surface area contributed by atoms with E-state index in [1.807, 2.05) is 32.6 Å². The van der Waals surface area contributed by atoms with Crippen molar-refractivity contribution >= 4 is 11.7 Å². The number of carbonyl (C=O) groups excluding carboxylic acids is 2. The van der Waals surface area contributed by atoms with Gasteiger partial charge in [-0.15, -0.1) is 0 Å². The summed E-state index contributed by atoms with van der Waals surface area (Å²) in [6.07, 6.45) is 4.40. The Kier molecular flexibility index (Phi) is 7.23. The number of hydrogen-bond acceptors (Lipinski definition) is 4. The summed E-state index contributed by atoms with van der Waals surface area (Å²) in [5.74, 6) is 0.982. The molecule has 0 bridgehead atoms. The lowest BCUT2D eigenvalue weighted by Crippen LogP contribution is -2.53. The Balaban J connectivity index is 1.72. The van der Waals surface area contributed by atoms with Crippen molar-refractivity contribution in [1.82, 2.24) is 9.80 Å². The van der Waals surface area contributed by atoms with Gasteiger partial charge >= 0.3 is 0 Å². The van der Waals surface area contributed by atoms with Crippen molar-refractivity contribution < 1.29 is 14.3 Å². The lowest BCUT2D eigenvalue weighted by Gasteiger charge is -2.42. The number of ketones is 1. The molecule has 2 aliphatic rings. The Bertz CT molecular complexity index is 420. The van der Waals surface area contributed by atoms with E-state index in [2.05, 4.69) is 4.90 Å². The highest BCUT2D eigenvalue weighted by molar-refractivity contribution is 5.82. The summed E-state index contributed by atoms with van der Waals surface area (Å²) in [5.41, 5.74) is 0. The number of rotatable bonds is 6. The highest BCUT2D eigenvalue weighted by Crippen LogP contribution is 2.30. The molecule has 24 heavy (non-hydrogen) atoms. The zero-order chi connectivity index (χ0) is 17.7. The number of hydrogen-bond donors (Lipinski definition) is 0. The van der Waals surface area contributed by atoms with Crippen molar-refractivity contribution in [3.8, 4) is 0 Å². The molecule has 1 saturated heterocycles. The van der Waals surface area contributed by atoms with Gasteiger partial charge in [-0.2, -0.15) is 0 Å². The third kappa shape index (κ3) is 5.28. The molecule has 0 atom stereocenters. The second-order valence-corrected chi connectivity index (χ2v) is 7.84. The van der Waals surface area contributed by atoms with E-state index in [0.717, 1.165) is 51.9 Å². The standard InChI is InChI=1S/C19H34N2O3/c1-14(2)19(23)16-5-7-17(8-6-16)20-9-11-21(12-10-20)18(22)13-24-15(3)4/h14-17H,5-13H2,1-4H3. The number of ether oxygens (including phenoxy) is 1. The van der Waals surface area contributed by atoms with E-state index in [9.17, 15) is 9.59 Å². The van der Waals surface area contributed by atoms with Crippen LogP contribution in [0.25, 0.3) is 0 Å². The molecule has 0 unspecified atom stereocenters. The van der Waals surface area contributed by atoms with Crippen LogP contribution in [0.5, 0.6) is 0 Å². The molecule has 1 amide bonds. The summed E-state index contributed by atoms with van der Waals surface area (Å²) in [7, 11) is 0. The van der Waals surface area contributed by atoms with Crippen molar-refractivity contribution in [2.75, 3.05) is 32.8 Å². The Labute approximate surface area is 146 Å². The third-order valence-corrected chi connectivity index (χ3v) is 5.39. The summed E-state index contributed by atoms with van der Waals surface area (Å²) in [5, 5.41) is 0. The topological polar surface area (TPSA) is 49.9 Å². The molecule has 5 nitrogen and oxygen atoms in total. The molecule has 1 aliphatic carbocycles. The minimum atomic E-state index is 0.0963. The van der Waals surface area contributed by atoms with Gasteiger partial charge in [-0.05, 0) is 39.5 Å². The van der Waals surface area contributed by atoms with Gasteiger partial charge in [0.15, 0.2) is 0 Å². The molecular formula is C19H34N2O3. The molecule has 0 aromatic heterocycles. The Hall–Kier alpha value is -0.940. The maximum atomic E-state index is 12.1. The van der Waals surface area contributed by atoms with Crippen LogP contribution in [0.1, 0.15) is 53.4 Å². The fraction of sp³-hybridized carbons (Fsp3) is 0.895. The Morgan fingerprint density at radius 3 is 2.04 bits per heavy atom. The number of Topliss-reactive ketones (excluding diaryl/α,β-unsaturated/α-hetero) is 1. The van der Waals surface area contributed by atoms with Gasteiger partial charge in [0, 0.05) is 44.1 Å². The second-order valence-electron chi connectivity index (χ2n) is 7.84. The van der Waals surface area contributed by atoms with E-state index in [1.54, 1.807) is 0 Å². The normalized spacial score (nSPS) is 26.2. The molecule has 2 fully saturated rings. The average Bonchev–Trinajstić information content (AvgIpc) is 2.59. The highest BCUT2D eigenvalue weighted by atomic mass is 16.5. The van der Waals surface area contributed by atoms with Gasteiger partial charge in [0.25, 0.3) is 0 Å². The molecular weight excluding hydrogens is 304 g/mol. The molecule has 138 valence electrons. The van der Waals surface area contributed by atoms with E-state index in [-0.39, 0.29) is 30.5 Å². The van der Waals surface area contributed by atoms with Crippen LogP contribution in [0.4, 0.5) is 0 Å². The quantitative estimate of drug-likeness (QED) is 0.746. The van der Waals surface area contributed by atoms with Gasteiger partial charge in [-0.1, -0.05) is 13.8 Å². The summed E-state index contributed by atoms with van der Waals surface area (Å²) in [4.78, 5) is 28.7. The van der Waals surface area contributed by atoms with Crippen molar-refractivity contribution in [1.29, 1.82) is 0 Å². The van der Waals surface area contributed by atoms with Crippen LogP contribution in [0.3, 0.4) is 0 Å². The molecule has 0 spiro atoms. The minimum Gasteiger partial charge on any atom is -0.369 e. The molecule has 0 N–H and O–H groups in total. The monoisotopic (exact) mass is 338 g/mol. The van der Waals surface area contributed by atoms with E-state index < -0.39 is 0 Å². The number of amides is 1.